The fraction of sp³-hybridized carbons (Fsp3) is 0.650. The average molecular weight is 348 g/mol. The van der Waals surface area contributed by atoms with Gasteiger partial charge in [0.1, 0.15) is 5.60 Å². The summed E-state index contributed by atoms with van der Waals surface area (Å²) in [5.74, 6) is 0. The minimum atomic E-state index is -0.457. The van der Waals surface area contributed by atoms with Crippen molar-refractivity contribution in [1.82, 2.24) is 9.80 Å². The van der Waals surface area contributed by atoms with Crippen LogP contribution in [-0.2, 0) is 17.8 Å². The SMILES string of the molecule is C[C@@H]1CN(C(=O)OC(C)(C)C)C[C@H](C)N1CCc1ccc(CO)cc1. The lowest BCUT2D eigenvalue weighted by Crippen LogP contribution is -2.58. The van der Waals surface area contributed by atoms with E-state index in [9.17, 15) is 4.79 Å². The highest BCUT2D eigenvalue weighted by atomic mass is 16.6. The van der Waals surface area contributed by atoms with Gasteiger partial charge < -0.3 is 14.7 Å². The van der Waals surface area contributed by atoms with Crippen molar-refractivity contribution >= 4 is 6.09 Å². The molecule has 25 heavy (non-hydrogen) atoms. The van der Waals surface area contributed by atoms with Gasteiger partial charge in [0.2, 0.25) is 0 Å². The minimum absolute atomic E-state index is 0.0843. The molecular formula is C20H32N2O3. The number of aliphatic hydroxyl groups is 1. The van der Waals surface area contributed by atoms with E-state index in [0.29, 0.717) is 25.2 Å². The predicted octanol–water partition coefficient (Wildman–Crippen LogP) is 3.05. The minimum Gasteiger partial charge on any atom is -0.444 e. The van der Waals surface area contributed by atoms with E-state index < -0.39 is 5.60 Å². The lowest BCUT2D eigenvalue weighted by atomic mass is 10.0. The first-order valence-corrected chi connectivity index (χ1v) is 9.12. The maximum absolute atomic E-state index is 12.3. The number of hydrogen-bond donors (Lipinski definition) is 1. The van der Waals surface area contributed by atoms with Crippen LogP contribution in [0, 0.1) is 0 Å². The van der Waals surface area contributed by atoms with Crippen LogP contribution in [0.25, 0.3) is 0 Å². The zero-order valence-corrected chi connectivity index (χ0v) is 16.2. The van der Waals surface area contributed by atoms with Gasteiger partial charge in [-0.2, -0.15) is 0 Å². The molecule has 0 saturated carbocycles. The molecule has 0 spiro atoms. The van der Waals surface area contributed by atoms with Crippen molar-refractivity contribution in [3.05, 3.63) is 35.4 Å². The van der Waals surface area contributed by atoms with Crippen LogP contribution < -0.4 is 0 Å². The smallest absolute Gasteiger partial charge is 0.410 e. The Hall–Kier alpha value is -1.59. The number of rotatable bonds is 4. The lowest BCUT2D eigenvalue weighted by molar-refractivity contribution is -0.00721. The standard InChI is InChI=1S/C20H32N2O3/c1-15-12-21(19(24)25-20(3,4)5)13-16(2)22(15)11-10-17-6-8-18(14-23)9-7-17/h6-9,15-16,23H,10-14H2,1-5H3/t15-,16+. The van der Waals surface area contributed by atoms with Gasteiger partial charge in [-0.1, -0.05) is 24.3 Å². The van der Waals surface area contributed by atoms with E-state index in [2.05, 4.69) is 30.9 Å². The second-order valence-electron chi connectivity index (χ2n) is 8.05. The molecule has 1 aliphatic rings. The first-order valence-electron chi connectivity index (χ1n) is 9.12. The second kappa shape index (κ2) is 8.19. The van der Waals surface area contributed by atoms with E-state index in [1.165, 1.54) is 5.56 Å². The van der Waals surface area contributed by atoms with Crippen LogP contribution in [0.5, 0.6) is 0 Å². The summed E-state index contributed by atoms with van der Waals surface area (Å²) >= 11 is 0. The maximum atomic E-state index is 12.3. The van der Waals surface area contributed by atoms with Crippen LogP contribution >= 0.6 is 0 Å². The average Bonchev–Trinajstić information content (AvgIpc) is 2.53. The van der Waals surface area contributed by atoms with E-state index in [0.717, 1.165) is 18.5 Å². The van der Waals surface area contributed by atoms with Crippen LogP contribution in [0.1, 0.15) is 45.7 Å². The van der Waals surface area contributed by atoms with Crippen molar-refractivity contribution in [2.75, 3.05) is 19.6 Å². The molecule has 5 nitrogen and oxygen atoms in total. The molecule has 0 bridgehead atoms. The number of benzene rings is 1. The third kappa shape index (κ3) is 5.72. The molecule has 5 heteroatoms. The third-order valence-electron chi connectivity index (χ3n) is 4.62. The Kier molecular flexibility index (Phi) is 6.47. The van der Waals surface area contributed by atoms with E-state index in [1.807, 2.05) is 37.8 Å². The van der Waals surface area contributed by atoms with Crippen LogP contribution in [0.4, 0.5) is 4.79 Å². The number of carbonyl (C=O) groups is 1. The van der Waals surface area contributed by atoms with E-state index in [4.69, 9.17) is 9.84 Å². The molecule has 0 radical (unpaired) electrons. The van der Waals surface area contributed by atoms with Gasteiger partial charge in [-0.15, -0.1) is 0 Å². The molecule has 0 unspecified atom stereocenters. The molecule has 1 heterocycles. The van der Waals surface area contributed by atoms with Gasteiger partial charge >= 0.3 is 6.09 Å². The molecule has 1 aromatic rings. The summed E-state index contributed by atoms with van der Waals surface area (Å²) in [7, 11) is 0. The lowest BCUT2D eigenvalue weighted by Gasteiger charge is -2.44. The van der Waals surface area contributed by atoms with Crippen LogP contribution in [-0.4, -0.2) is 58.3 Å². The van der Waals surface area contributed by atoms with Gasteiger partial charge in [0.25, 0.3) is 0 Å². The van der Waals surface area contributed by atoms with Crippen LogP contribution in [0.2, 0.25) is 0 Å². The van der Waals surface area contributed by atoms with Gasteiger partial charge in [-0.05, 0) is 52.2 Å². The van der Waals surface area contributed by atoms with E-state index in [-0.39, 0.29) is 12.7 Å². The molecule has 1 aromatic carbocycles. The Balaban J connectivity index is 1.90. The van der Waals surface area contributed by atoms with Gasteiger partial charge in [-0.3, -0.25) is 4.90 Å². The molecule has 1 saturated heterocycles. The summed E-state index contributed by atoms with van der Waals surface area (Å²) in [6.45, 7) is 12.5. The largest absolute Gasteiger partial charge is 0.444 e. The zero-order chi connectivity index (χ0) is 18.6. The van der Waals surface area contributed by atoms with Crippen molar-refractivity contribution in [2.45, 2.75) is 65.3 Å². The van der Waals surface area contributed by atoms with Gasteiger partial charge in [0, 0.05) is 31.7 Å². The molecule has 0 aliphatic carbocycles. The Bertz CT molecular complexity index is 553. The Labute approximate surface area is 151 Å². The Morgan fingerprint density at radius 2 is 1.64 bits per heavy atom. The number of amides is 1. The number of piperazine rings is 1. The first-order chi connectivity index (χ1) is 11.7. The Morgan fingerprint density at radius 1 is 1.12 bits per heavy atom. The monoisotopic (exact) mass is 348 g/mol. The summed E-state index contributed by atoms with van der Waals surface area (Å²) in [5.41, 5.74) is 1.75. The molecule has 2 rings (SSSR count). The Morgan fingerprint density at radius 3 is 2.12 bits per heavy atom. The number of carbonyl (C=O) groups excluding carboxylic acids is 1. The van der Waals surface area contributed by atoms with E-state index >= 15 is 0 Å². The second-order valence-corrected chi connectivity index (χ2v) is 8.05. The topological polar surface area (TPSA) is 53.0 Å². The highest BCUT2D eigenvalue weighted by Gasteiger charge is 2.33. The summed E-state index contributed by atoms with van der Waals surface area (Å²) in [5, 5.41) is 9.12. The molecule has 1 N–H and O–H groups in total. The summed E-state index contributed by atoms with van der Waals surface area (Å²) in [6.07, 6.45) is 0.748. The van der Waals surface area contributed by atoms with Crippen molar-refractivity contribution in [3.8, 4) is 0 Å². The van der Waals surface area contributed by atoms with Crippen LogP contribution in [0.15, 0.2) is 24.3 Å². The fourth-order valence-corrected chi connectivity index (χ4v) is 3.34. The summed E-state index contributed by atoms with van der Waals surface area (Å²) in [6, 6.07) is 8.71. The molecule has 0 aromatic heterocycles. The molecule has 1 fully saturated rings. The first kappa shape index (κ1) is 19.7. The molecule has 140 valence electrons. The van der Waals surface area contributed by atoms with Gasteiger partial charge in [0.15, 0.2) is 0 Å². The van der Waals surface area contributed by atoms with Crippen molar-refractivity contribution in [3.63, 3.8) is 0 Å². The third-order valence-corrected chi connectivity index (χ3v) is 4.62. The predicted molar refractivity (Wildman–Crippen MR) is 99.5 cm³/mol. The van der Waals surface area contributed by atoms with Gasteiger partial charge in [0.05, 0.1) is 6.61 Å². The van der Waals surface area contributed by atoms with Crippen molar-refractivity contribution in [2.24, 2.45) is 0 Å². The molecule has 2 atom stereocenters. The number of hydrogen-bond acceptors (Lipinski definition) is 4. The van der Waals surface area contributed by atoms with Gasteiger partial charge in [-0.25, -0.2) is 4.79 Å². The summed E-state index contributed by atoms with van der Waals surface area (Å²) in [4.78, 5) is 16.6. The number of nitrogens with zero attached hydrogens (tertiary/aromatic N) is 2. The zero-order valence-electron chi connectivity index (χ0n) is 16.2. The summed E-state index contributed by atoms with van der Waals surface area (Å²) < 4.78 is 5.51. The van der Waals surface area contributed by atoms with Crippen molar-refractivity contribution in [1.29, 1.82) is 0 Å². The number of aliphatic hydroxyl groups excluding tert-OH is 1. The highest BCUT2D eigenvalue weighted by Crippen LogP contribution is 2.19. The molecule has 1 amide bonds. The molecule has 1 aliphatic heterocycles. The van der Waals surface area contributed by atoms with Crippen molar-refractivity contribution < 1.29 is 14.6 Å². The van der Waals surface area contributed by atoms with E-state index in [1.54, 1.807) is 0 Å². The molecular weight excluding hydrogens is 316 g/mol. The quantitative estimate of drug-likeness (QED) is 0.909. The maximum Gasteiger partial charge on any atom is 0.410 e. The fourth-order valence-electron chi connectivity index (χ4n) is 3.34. The van der Waals surface area contributed by atoms with Crippen LogP contribution in [0.3, 0.4) is 0 Å². The normalized spacial score (nSPS) is 22.1. The number of ether oxygens (including phenoxy) is 1. The highest BCUT2D eigenvalue weighted by molar-refractivity contribution is 5.68.